The fraction of sp³-hybridized carbons (Fsp3) is 0.292. The monoisotopic (exact) mass is 448 g/mol. The molecule has 1 fully saturated rings. The topological polar surface area (TPSA) is 102 Å². The van der Waals surface area contributed by atoms with Crippen LogP contribution in [0.15, 0.2) is 53.3 Å². The minimum absolute atomic E-state index is 0.0357. The van der Waals surface area contributed by atoms with Crippen molar-refractivity contribution in [3.8, 4) is 22.7 Å². The van der Waals surface area contributed by atoms with Crippen LogP contribution < -0.4 is 20.9 Å². The number of ether oxygens (including phenoxy) is 1. The van der Waals surface area contributed by atoms with Crippen LogP contribution in [0.4, 0.5) is 10.1 Å². The summed E-state index contributed by atoms with van der Waals surface area (Å²) in [6.45, 7) is 3.92. The first kappa shape index (κ1) is 21.1. The van der Waals surface area contributed by atoms with E-state index in [2.05, 4.69) is 27.1 Å². The molecule has 0 radical (unpaired) electrons. The van der Waals surface area contributed by atoms with Crippen molar-refractivity contribution in [1.29, 1.82) is 0 Å². The Bertz CT molecular complexity index is 1370. The predicted octanol–water partition coefficient (Wildman–Crippen LogP) is 3.24. The van der Waals surface area contributed by atoms with Crippen LogP contribution in [0, 0.1) is 5.82 Å². The zero-order valence-electron chi connectivity index (χ0n) is 18.5. The predicted molar refractivity (Wildman–Crippen MR) is 125 cm³/mol. The Labute approximate surface area is 189 Å². The molecule has 0 saturated carbocycles. The van der Waals surface area contributed by atoms with Gasteiger partial charge < -0.3 is 15.4 Å². The SMILES string of the molecule is COc1cccc(F)c1-n1nc2c(-c3ccc(N4CCC(C)(N)CC4)cc3)n[nH]c2cc1=O. The summed E-state index contributed by atoms with van der Waals surface area (Å²) in [5.74, 6) is -0.388. The third-order valence-corrected chi connectivity index (χ3v) is 6.24. The summed E-state index contributed by atoms with van der Waals surface area (Å²) in [5.41, 5.74) is 9.09. The van der Waals surface area contributed by atoms with Crippen LogP contribution in [0.2, 0.25) is 0 Å². The van der Waals surface area contributed by atoms with E-state index in [4.69, 9.17) is 10.5 Å². The number of piperidine rings is 1. The van der Waals surface area contributed by atoms with Crippen molar-refractivity contribution < 1.29 is 9.13 Å². The Balaban J connectivity index is 1.53. The molecule has 2 aromatic carbocycles. The quantitative estimate of drug-likeness (QED) is 0.497. The molecule has 0 bridgehead atoms. The fourth-order valence-electron chi connectivity index (χ4n) is 4.22. The van der Waals surface area contributed by atoms with E-state index in [9.17, 15) is 9.18 Å². The number of fused-ring (bicyclic) bond motifs is 1. The first-order valence-corrected chi connectivity index (χ1v) is 10.8. The first-order chi connectivity index (χ1) is 15.9. The summed E-state index contributed by atoms with van der Waals surface area (Å²) in [5, 5.41) is 11.7. The van der Waals surface area contributed by atoms with Crippen LogP contribution in [-0.2, 0) is 0 Å². The number of halogens is 1. The summed E-state index contributed by atoms with van der Waals surface area (Å²) in [4.78, 5) is 15.0. The molecule has 2 aromatic heterocycles. The summed E-state index contributed by atoms with van der Waals surface area (Å²) in [6, 6.07) is 13.8. The molecule has 8 nitrogen and oxygen atoms in total. The molecule has 9 heteroatoms. The first-order valence-electron chi connectivity index (χ1n) is 10.8. The van der Waals surface area contributed by atoms with Crippen molar-refractivity contribution in [2.45, 2.75) is 25.3 Å². The molecule has 3 heterocycles. The van der Waals surface area contributed by atoms with E-state index in [0.29, 0.717) is 16.7 Å². The van der Waals surface area contributed by atoms with Crippen LogP contribution in [0.1, 0.15) is 19.8 Å². The Morgan fingerprint density at radius 3 is 2.58 bits per heavy atom. The van der Waals surface area contributed by atoms with E-state index in [-0.39, 0.29) is 17.0 Å². The number of hydrogen-bond acceptors (Lipinski definition) is 6. The Kier molecular flexibility index (Phi) is 5.13. The number of benzene rings is 2. The van der Waals surface area contributed by atoms with Gasteiger partial charge in [-0.2, -0.15) is 14.9 Å². The van der Waals surface area contributed by atoms with Gasteiger partial charge in [-0.25, -0.2) is 4.39 Å². The standard InChI is InChI=1S/C24H25FN6O2/c1-24(26)10-12-30(13-11-24)16-8-6-15(7-9-16)21-22-18(27-28-21)14-20(32)31(29-22)23-17(25)4-3-5-19(23)33-2/h3-9,14,27H,10-13,26H2,1-2H3. The highest BCUT2D eigenvalue weighted by atomic mass is 19.1. The van der Waals surface area contributed by atoms with Gasteiger partial charge in [-0.3, -0.25) is 9.89 Å². The van der Waals surface area contributed by atoms with Gasteiger partial charge in [0.1, 0.15) is 22.6 Å². The summed E-state index contributed by atoms with van der Waals surface area (Å²) in [7, 11) is 1.42. The molecule has 0 unspecified atom stereocenters. The van der Waals surface area contributed by atoms with Crippen LogP contribution in [0.25, 0.3) is 28.0 Å². The lowest BCUT2D eigenvalue weighted by Gasteiger charge is -2.38. The Morgan fingerprint density at radius 1 is 1.15 bits per heavy atom. The van der Waals surface area contributed by atoms with Crippen molar-refractivity contribution in [2.24, 2.45) is 5.73 Å². The number of H-pyrrole nitrogens is 1. The largest absolute Gasteiger partial charge is 0.494 e. The number of aromatic amines is 1. The highest BCUT2D eigenvalue weighted by Gasteiger charge is 2.26. The van der Waals surface area contributed by atoms with Crippen LogP contribution in [0.3, 0.4) is 0 Å². The number of rotatable bonds is 4. The van der Waals surface area contributed by atoms with Gasteiger partial charge in [0.25, 0.3) is 5.56 Å². The number of nitrogens with zero attached hydrogens (tertiary/aromatic N) is 4. The van der Waals surface area contributed by atoms with Crippen molar-refractivity contribution in [3.05, 3.63) is 64.7 Å². The molecule has 0 spiro atoms. The molecule has 0 aliphatic carbocycles. The third-order valence-electron chi connectivity index (χ3n) is 6.24. The molecule has 0 amide bonds. The summed E-state index contributed by atoms with van der Waals surface area (Å²) < 4.78 is 20.9. The van der Waals surface area contributed by atoms with E-state index in [0.717, 1.165) is 41.9 Å². The third kappa shape index (κ3) is 3.84. The van der Waals surface area contributed by atoms with Gasteiger partial charge >= 0.3 is 0 Å². The van der Waals surface area contributed by atoms with E-state index < -0.39 is 11.4 Å². The summed E-state index contributed by atoms with van der Waals surface area (Å²) in [6.07, 6.45) is 1.89. The van der Waals surface area contributed by atoms with Crippen LogP contribution >= 0.6 is 0 Å². The number of nitrogens with one attached hydrogen (secondary N) is 1. The van der Waals surface area contributed by atoms with Gasteiger partial charge in [0.2, 0.25) is 0 Å². The van der Waals surface area contributed by atoms with Gasteiger partial charge in [0, 0.05) is 35.9 Å². The van der Waals surface area contributed by atoms with Gasteiger partial charge in [-0.05, 0) is 44.0 Å². The summed E-state index contributed by atoms with van der Waals surface area (Å²) >= 11 is 0. The van der Waals surface area contributed by atoms with Gasteiger partial charge in [0.15, 0.2) is 5.82 Å². The van der Waals surface area contributed by atoms with Gasteiger partial charge in [-0.1, -0.05) is 18.2 Å². The minimum atomic E-state index is -0.604. The molecule has 33 heavy (non-hydrogen) atoms. The molecule has 1 saturated heterocycles. The molecule has 1 aliphatic rings. The van der Waals surface area contributed by atoms with Crippen molar-refractivity contribution in [1.82, 2.24) is 20.0 Å². The number of para-hydroxylation sites is 1. The minimum Gasteiger partial charge on any atom is -0.494 e. The molecule has 170 valence electrons. The average Bonchev–Trinajstić information content (AvgIpc) is 3.21. The number of methoxy groups -OCH3 is 1. The lowest BCUT2D eigenvalue weighted by molar-refractivity contribution is 0.364. The van der Waals surface area contributed by atoms with E-state index in [1.165, 1.54) is 25.3 Å². The van der Waals surface area contributed by atoms with Crippen molar-refractivity contribution >= 4 is 16.7 Å². The molecule has 5 rings (SSSR count). The molecule has 4 aromatic rings. The maximum absolute atomic E-state index is 14.6. The molecule has 0 atom stereocenters. The lowest BCUT2D eigenvalue weighted by atomic mass is 9.91. The smallest absolute Gasteiger partial charge is 0.273 e. The zero-order valence-corrected chi connectivity index (χ0v) is 18.5. The highest BCUT2D eigenvalue weighted by Crippen LogP contribution is 2.30. The second-order valence-corrected chi connectivity index (χ2v) is 8.71. The number of hydrogen-bond donors (Lipinski definition) is 2. The van der Waals surface area contributed by atoms with E-state index in [1.807, 2.05) is 24.3 Å². The fourth-order valence-corrected chi connectivity index (χ4v) is 4.22. The average molecular weight is 449 g/mol. The molecule has 3 N–H and O–H groups in total. The molecule has 1 aliphatic heterocycles. The van der Waals surface area contributed by atoms with Crippen LogP contribution in [-0.4, -0.2) is 45.7 Å². The molecular formula is C24H25FN6O2. The Morgan fingerprint density at radius 2 is 1.88 bits per heavy atom. The second-order valence-electron chi connectivity index (χ2n) is 8.71. The zero-order chi connectivity index (χ0) is 23.2. The second kappa shape index (κ2) is 8.00. The number of nitrogens with two attached hydrogens (primary N) is 1. The maximum Gasteiger partial charge on any atom is 0.273 e. The normalized spacial score (nSPS) is 15.7. The van der Waals surface area contributed by atoms with Crippen molar-refractivity contribution in [3.63, 3.8) is 0 Å². The number of anilines is 1. The number of aromatic nitrogens is 4. The molecular weight excluding hydrogens is 423 g/mol. The maximum atomic E-state index is 14.6. The van der Waals surface area contributed by atoms with Gasteiger partial charge in [0.05, 0.1) is 12.6 Å². The van der Waals surface area contributed by atoms with E-state index in [1.54, 1.807) is 6.07 Å². The van der Waals surface area contributed by atoms with Gasteiger partial charge in [-0.15, -0.1) is 0 Å². The Hall–Kier alpha value is -3.72. The van der Waals surface area contributed by atoms with Crippen molar-refractivity contribution in [2.75, 3.05) is 25.1 Å². The van der Waals surface area contributed by atoms with E-state index >= 15 is 0 Å². The highest BCUT2D eigenvalue weighted by molar-refractivity contribution is 5.89. The van der Waals surface area contributed by atoms with Crippen LogP contribution in [0.5, 0.6) is 5.75 Å². The lowest BCUT2D eigenvalue weighted by Crippen LogP contribution is -2.48.